The third kappa shape index (κ3) is 6.22. The fraction of sp³-hybridized carbons (Fsp3) is 0.655. The maximum Gasteiger partial charge on any atom is 0.223 e. The van der Waals surface area contributed by atoms with Crippen LogP contribution in [-0.4, -0.2) is 63.5 Å². The third-order valence-corrected chi connectivity index (χ3v) is 8.20. The number of aromatic nitrogens is 2. The van der Waals surface area contributed by atoms with E-state index in [1.54, 1.807) is 6.92 Å². The van der Waals surface area contributed by atoms with Crippen molar-refractivity contribution in [2.75, 3.05) is 24.5 Å². The largest absolute Gasteiger partial charge is 0.425 e. The van der Waals surface area contributed by atoms with E-state index >= 15 is 0 Å². The summed E-state index contributed by atoms with van der Waals surface area (Å²) in [6.45, 7) is 8.74. The van der Waals surface area contributed by atoms with E-state index in [2.05, 4.69) is 21.2 Å². The van der Waals surface area contributed by atoms with E-state index in [4.69, 9.17) is 4.42 Å². The zero-order chi connectivity index (χ0) is 25.9. The fourth-order valence-corrected chi connectivity index (χ4v) is 5.94. The summed E-state index contributed by atoms with van der Waals surface area (Å²) in [6, 6.07) is 8.89. The normalized spacial score (nSPS) is 23.0. The number of carbonyl (C=O) groups is 2. The van der Waals surface area contributed by atoms with Gasteiger partial charge in [0, 0.05) is 69.6 Å². The van der Waals surface area contributed by atoms with E-state index in [0.717, 1.165) is 43.1 Å². The van der Waals surface area contributed by atoms with Crippen LogP contribution in [0.1, 0.15) is 89.0 Å². The van der Waals surface area contributed by atoms with Gasteiger partial charge < -0.3 is 14.2 Å². The number of amides is 2. The Balaban J connectivity index is 1.42. The van der Waals surface area contributed by atoms with Gasteiger partial charge in [-0.3, -0.25) is 14.5 Å². The van der Waals surface area contributed by atoms with Crippen LogP contribution in [0.15, 0.2) is 28.7 Å². The number of hydrogen-bond acceptors (Lipinski definition) is 6. The summed E-state index contributed by atoms with van der Waals surface area (Å²) < 4.78 is 5.77. The van der Waals surface area contributed by atoms with Crippen molar-refractivity contribution < 1.29 is 14.0 Å². The summed E-state index contributed by atoms with van der Waals surface area (Å²) in [4.78, 5) is 33.2. The summed E-state index contributed by atoms with van der Waals surface area (Å²) in [5.74, 6) is 2.24. The van der Waals surface area contributed by atoms with Crippen molar-refractivity contribution in [1.29, 1.82) is 0 Å². The highest BCUT2D eigenvalue weighted by Crippen LogP contribution is 2.36. The minimum Gasteiger partial charge on any atom is -0.425 e. The molecule has 1 aromatic heterocycles. The summed E-state index contributed by atoms with van der Waals surface area (Å²) >= 11 is 0. The van der Waals surface area contributed by atoms with Gasteiger partial charge in [0.2, 0.25) is 23.6 Å². The van der Waals surface area contributed by atoms with E-state index in [9.17, 15) is 9.59 Å². The molecule has 3 aliphatic rings. The number of fused-ring (bicyclic) bond motifs is 3. The van der Waals surface area contributed by atoms with E-state index < -0.39 is 0 Å². The average molecular weight is 508 g/mol. The molecule has 2 fully saturated rings. The second-order valence-corrected chi connectivity index (χ2v) is 11.4. The van der Waals surface area contributed by atoms with Gasteiger partial charge in [-0.15, -0.1) is 10.2 Å². The molecule has 0 spiro atoms. The molecule has 0 N–H and O–H groups in total. The van der Waals surface area contributed by atoms with E-state index in [1.165, 1.54) is 25.7 Å². The molecule has 8 nitrogen and oxygen atoms in total. The van der Waals surface area contributed by atoms with Crippen molar-refractivity contribution in [3.63, 3.8) is 0 Å². The predicted molar refractivity (Wildman–Crippen MR) is 142 cm³/mol. The molecule has 0 radical (unpaired) electrons. The Bertz CT molecular complexity index is 1090. The van der Waals surface area contributed by atoms with Crippen LogP contribution in [-0.2, 0) is 22.6 Å². The maximum atomic E-state index is 13.7. The van der Waals surface area contributed by atoms with E-state index in [1.807, 2.05) is 41.8 Å². The highest BCUT2D eigenvalue weighted by Gasteiger charge is 2.37. The lowest BCUT2D eigenvalue weighted by molar-refractivity contribution is -0.133. The minimum absolute atomic E-state index is 0.0584. The van der Waals surface area contributed by atoms with Crippen LogP contribution in [0.5, 0.6) is 0 Å². The Morgan fingerprint density at radius 2 is 1.84 bits per heavy atom. The molecule has 1 saturated carbocycles. The van der Waals surface area contributed by atoms with Gasteiger partial charge in [0.25, 0.3) is 0 Å². The van der Waals surface area contributed by atoms with Crippen molar-refractivity contribution >= 4 is 17.5 Å². The van der Waals surface area contributed by atoms with Crippen LogP contribution < -0.4 is 4.90 Å². The third-order valence-electron chi connectivity index (χ3n) is 8.20. The zero-order valence-electron chi connectivity index (χ0n) is 22.6. The highest BCUT2D eigenvalue weighted by atomic mass is 16.4. The lowest BCUT2D eigenvalue weighted by atomic mass is 9.92. The van der Waals surface area contributed by atoms with Crippen LogP contribution in [0.2, 0.25) is 0 Å². The number of aryl methyl sites for hydroxylation is 1. The standard InChI is InChI=1S/C29H41N5O3/c1-20(2)29-31-30-27(37-29)13-14-28(36)32-18-23-7-4-5-10-26(23)33(21(3)35)16-15-24-8-6-9-25(19-32)34(24)17-22-11-12-22/h4-5,7,10,20,22,24-25H,6,8-9,11-19H2,1-3H3. The Hall–Kier alpha value is -2.74. The molecule has 3 heterocycles. The van der Waals surface area contributed by atoms with Gasteiger partial charge in [-0.05, 0) is 49.7 Å². The van der Waals surface area contributed by atoms with Crippen LogP contribution in [0, 0.1) is 5.92 Å². The summed E-state index contributed by atoms with van der Waals surface area (Å²) in [7, 11) is 0. The van der Waals surface area contributed by atoms with Crippen LogP contribution >= 0.6 is 0 Å². The molecule has 8 heteroatoms. The molecule has 200 valence electrons. The molecule has 5 rings (SSSR count). The molecule has 37 heavy (non-hydrogen) atoms. The van der Waals surface area contributed by atoms with Gasteiger partial charge in [0.15, 0.2) is 0 Å². The predicted octanol–water partition coefficient (Wildman–Crippen LogP) is 4.54. The van der Waals surface area contributed by atoms with E-state index in [0.29, 0.717) is 49.8 Å². The molecule has 2 aromatic rings. The molecule has 1 saturated heterocycles. The van der Waals surface area contributed by atoms with Crippen molar-refractivity contribution in [1.82, 2.24) is 20.0 Å². The monoisotopic (exact) mass is 507 g/mol. The molecule has 2 unspecified atom stereocenters. The first-order chi connectivity index (χ1) is 17.9. The second kappa shape index (κ2) is 11.3. The van der Waals surface area contributed by atoms with Crippen molar-refractivity contribution in [2.24, 2.45) is 5.92 Å². The van der Waals surface area contributed by atoms with Crippen LogP contribution in [0.25, 0.3) is 0 Å². The number of benzene rings is 1. The minimum atomic E-state index is 0.0584. The molecule has 2 atom stereocenters. The van der Waals surface area contributed by atoms with Gasteiger partial charge in [0.05, 0.1) is 0 Å². The van der Waals surface area contributed by atoms with Crippen LogP contribution in [0.3, 0.4) is 0 Å². The lowest BCUT2D eigenvalue weighted by Gasteiger charge is -2.44. The first-order valence-corrected chi connectivity index (χ1v) is 14.1. The Morgan fingerprint density at radius 1 is 1.05 bits per heavy atom. The highest BCUT2D eigenvalue weighted by molar-refractivity contribution is 5.92. The number of rotatable bonds is 6. The van der Waals surface area contributed by atoms with E-state index in [-0.39, 0.29) is 17.7 Å². The number of anilines is 1. The molecule has 1 aromatic carbocycles. The first kappa shape index (κ1) is 25.9. The van der Waals surface area contributed by atoms with Crippen LogP contribution in [0.4, 0.5) is 5.69 Å². The number of nitrogens with zero attached hydrogens (tertiary/aromatic N) is 5. The second-order valence-electron chi connectivity index (χ2n) is 11.4. The number of carbonyl (C=O) groups excluding carboxylic acids is 2. The zero-order valence-corrected chi connectivity index (χ0v) is 22.6. The fourth-order valence-electron chi connectivity index (χ4n) is 5.94. The maximum absolute atomic E-state index is 13.7. The smallest absolute Gasteiger partial charge is 0.223 e. The number of piperidine rings is 1. The van der Waals surface area contributed by atoms with Crippen molar-refractivity contribution in [2.45, 2.75) is 96.7 Å². The molecular formula is C29H41N5O3. The summed E-state index contributed by atoms with van der Waals surface area (Å²) in [6.07, 6.45) is 7.82. The van der Waals surface area contributed by atoms with Crippen molar-refractivity contribution in [3.05, 3.63) is 41.6 Å². The van der Waals surface area contributed by atoms with Gasteiger partial charge in [0.1, 0.15) is 0 Å². The molecule has 2 aliphatic heterocycles. The van der Waals surface area contributed by atoms with Gasteiger partial charge >= 0.3 is 0 Å². The first-order valence-electron chi connectivity index (χ1n) is 14.1. The van der Waals surface area contributed by atoms with Gasteiger partial charge in [-0.25, -0.2) is 0 Å². The Labute approximate surface area is 220 Å². The average Bonchev–Trinajstić information content (AvgIpc) is 3.56. The molecular weight excluding hydrogens is 466 g/mol. The number of hydrogen-bond donors (Lipinski definition) is 0. The quantitative estimate of drug-likeness (QED) is 0.571. The Kier molecular flexibility index (Phi) is 7.93. The molecule has 1 aliphatic carbocycles. The molecule has 2 amide bonds. The van der Waals surface area contributed by atoms with Gasteiger partial charge in [-0.1, -0.05) is 38.5 Å². The summed E-state index contributed by atoms with van der Waals surface area (Å²) in [5, 5.41) is 8.28. The van der Waals surface area contributed by atoms with Gasteiger partial charge in [-0.2, -0.15) is 0 Å². The number of para-hydroxylation sites is 1. The topological polar surface area (TPSA) is 82.8 Å². The van der Waals surface area contributed by atoms with Crippen molar-refractivity contribution in [3.8, 4) is 0 Å². The Morgan fingerprint density at radius 3 is 2.57 bits per heavy atom. The summed E-state index contributed by atoms with van der Waals surface area (Å²) in [5.41, 5.74) is 1.95. The molecule has 2 bridgehead atoms. The lowest BCUT2D eigenvalue weighted by Crippen LogP contribution is -2.53. The SMILES string of the molecule is CC(=O)N1CCC2CCCC(CN(C(=O)CCc3nnc(C(C)C)o3)Cc3ccccc31)N2CC1CC1.